The monoisotopic (exact) mass is 454 g/mol. The summed E-state index contributed by atoms with van der Waals surface area (Å²) in [6, 6.07) is 15.7. The van der Waals surface area contributed by atoms with E-state index >= 15 is 0 Å². The molecule has 2 amide bonds. The minimum atomic E-state index is -1.52. The van der Waals surface area contributed by atoms with Crippen LogP contribution in [0.5, 0.6) is 0 Å². The lowest BCUT2D eigenvalue weighted by molar-refractivity contribution is -0.147. The Hall–Kier alpha value is -3.39. The first-order valence-corrected chi connectivity index (χ1v) is 11.1. The van der Waals surface area contributed by atoms with Crippen molar-refractivity contribution < 1.29 is 29.3 Å². The topological polar surface area (TPSA) is 125 Å². The summed E-state index contributed by atoms with van der Waals surface area (Å²) in [5.74, 6) is -1.75. The molecule has 0 heterocycles. The van der Waals surface area contributed by atoms with E-state index in [1.807, 2.05) is 50.2 Å². The first-order valence-electron chi connectivity index (χ1n) is 11.1. The van der Waals surface area contributed by atoms with Crippen LogP contribution in [0.2, 0.25) is 0 Å². The number of hydrogen-bond donors (Lipinski definition) is 4. The van der Waals surface area contributed by atoms with Crippen molar-refractivity contribution in [2.24, 2.45) is 5.92 Å². The molecule has 0 aliphatic heterocycles. The van der Waals surface area contributed by atoms with Crippen molar-refractivity contribution in [2.45, 2.75) is 44.8 Å². The van der Waals surface area contributed by atoms with Gasteiger partial charge in [0.1, 0.15) is 6.61 Å². The second-order valence-electron chi connectivity index (χ2n) is 8.52. The zero-order chi connectivity index (χ0) is 24.0. The van der Waals surface area contributed by atoms with Gasteiger partial charge in [-0.25, -0.2) is 9.59 Å². The molecule has 0 bridgehead atoms. The molecular weight excluding hydrogens is 424 g/mol. The van der Waals surface area contributed by atoms with Crippen molar-refractivity contribution in [1.82, 2.24) is 10.6 Å². The van der Waals surface area contributed by atoms with Crippen molar-refractivity contribution in [3.05, 3.63) is 59.7 Å². The first kappa shape index (κ1) is 24.3. The van der Waals surface area contributed by atoms with Crippen LogP contribution in [0.15, 0.2) is 48.5 Å². The van der Waals surface area contributed by atoms with E-state index in [9.17, 15) is 19.5 Å². The molecule has 2 aromatic rings. The molecule has 0 unspecified atom stereocenters. The van der Waals surface area contributed by atoms with Crippen LogP contribution in [-0.4, -0.2) is 53.5 Å². The maximum absolute atomic E-state index is 12.5. The molecule has 0 fully saturated rings. The maximum atomic E-state index is 12.5. The number of aliphatic hydroxyl groups excluding tert-OH is 1. The lowest BCUT2D eigenvalue weighted by Gasteiger charge is -2.22. The summed E-state index contributed by atoms with van der Waals surface area (Å²) < 4.78 is 5.56. The van der Waals surface area contributed by atoms with Crippen LogP contribution in [0.4, 0.5) is 4.79 Å². The average molecular weight is 455 g/mol. The van der Waals surface area contributed by atoms with Gasteiger partial charge < -0.3 is 25.6 Å². The van der Waals surface area contributed by atoms with E-state index in [4.69, 9.17) is 9.84 Å². The van der Waals surface area contributed by atoms with E-state index in [2.05, 4.69) is 22.8 Å². The molecule has 4 N–H and O–H groups in total. The van der Waals surface area contributed by atoms with Crippen LogP contribution < -0.4 is 10.6 Å². The fourth-order valence-corrected chi connectivity index (χ4v) is 3.99. The summed E-state index contributed by atoms with van der Waals surface area (Å²) in [5.41, 5.74) is 4.53. The Morgan fingerprint density at radius 3 is 2.12 bits per heavy atom. The summed E-state index contributed by atoms with van der Waals surface area (Å²) in [4.78, 5) is 35.4. The van der Waals surface area contributed by atoms with Crippen molar-refractivity contribution in [1.29, 1.82) is 0 Å². The van der Waals surface area contributed by atoms with E-state index in [0.29, 0.717) is 0 Å². The van der Waals surface area contributed by atoms with E-state index in [1.54, 1.807) is 0 Å². The Labute approximate surface area is 193 Å². The number of aliphatic carboxylic acids is 1. The highest BCUT2D eigenvalue weighted by molar-refractivity contribution is 5.79. The van der Waals surface area contributed by atoms with Gasteiger partial charge in [-0.1, -0.05) is 62.4 Å². The van der Waals surface area contributed by atoms with E-state index in [0.717, 1.165) is 22.3 Å². The van der Waals surface area contributed by atoms with E-state index in [1.165, 1.54) is 0 Å². The van der Waals surface area contributed by atoms with Gasteiger partial charge in [-0.05, 0) is 28.2 Å². The SMILES string of the molecule is CC(C)[C@H](CC(=O)NCC[C@H](O)C(=O)O)NC(=O)OCC1c2ccccc2-c2ccccc21. The quantitative estimate of drug-likeness (QED) is 0.438. The number of carbonyl (C=O) groups excluding carboxylic acids is 2. The second kappa shape index (κ2) is 11.0. The van der Waals surface area contributed by atoms with Crippen LogP contribution in [0, 0.1) is 5.92 Å². The Bertz CT molecular complexity index is 960. The van der Waals surface area contributed by atoms with Crippen molar-refractivity contribution in [3.8, 4) is 11.1 Å². The highest BCUT2D eigenvalue weighted by Crippen LogP contribution is 2.44. The molecule has 8 nitrogen and oxygen atoms in total. The zero-order valence-electron chi connectivity index (χ0n) is 18.8. The summed E-state index contributed by atoms with van der Waals surface area (Å²) >= 11 is 0. The molecule has 8 heteroatoms. The number of fused-ring (bicyclic) bond motifs is 3. The number of alkyl carbamates (subject to hydrolysis) is 1. The largest absolute Gasteiger partial charge is 0.479 e. The number of carbonyl (C=O) groups is 3. The second-order valence-corrected chi connectivity index (χ2v) is 8.52. The van der Waals surface area contributed by atoms with Crippen LogP contribution >= 0.6 is 0 Å². The summed E-state index contributed by atoms with van der Waals surface area (Å²) in [6.45, 7) is 3.98. The molecule has 0 saturated carbocycles. The molecule has 2 atom stereocenters. The Kier molecular flexibility index (Phi) is 8.06. The van der Waals surface area contributed by atoms with Crippen LogP contribution in [0.3, 0.4) is 0 Å². The van der Waals surface area contributed by atoms with Gasteiger partial charge in [0.15, 0.2) is 6.10 Å². The fourth-order valence-electron chi connectivity index (χ4n) is 3.99. The third-order valence-corrected chi connectivity index (χ3v) is 5.88. The van der Waals surface area contributed by atoms with Gasteiger partial charge >= 0.3 is 12.1 Å². The van der Waals surface area contributed by atoms with E-state index in [-0.39, 0.29) is 43.7 Å². The molecule has 2 aromatic carbocycles. The van der Waals surface area contributed by atoms with Gasteiger partial charge in [-0.2, -0.15) is 0 Å². The number of aliphatic hydroxyl groups is 1. The predicted molar refractivity (Wildman–Crippen MR) is 123 cm³/mol. The van der Waals surface area contributed by atoms with Crippen molar-refractivity contribution in [3.63, 3.8) is 0 Å². The standard InChI is InChI=1S/C25H30N2O6/c1-15(2)21(13-23(29)26-12-11-22(28)24(30)31)27-25(32)33-14-20-18-9-5-3-7-16(18)17-8-4-6-10-19(17)20/h3-10,15,20-22,28H,11-14H2,1-2H3,(H,26,29)(H,27,32)(H,30,31)/t21-,22-/m0/s1. The minimum Gasteiger partial charge on any atom is -0.479 e. The number of carboxylic acids is 1. The summed E-state index contributed by atoms with van der Waals surface area (Å²) in [6.07, 6.45) is -2.19. The normalized spacial score (nSPS) is 14.2. The molecule has 0 aromatic heterocycles. The van der Waals surface area contributed by atoms with Gasteiger partial charge in [0.25, 0.3) is 0 Å². The minimum absolute atomic E-state index is 0.0189. The molecule has 1 aliphatic carbocycles. The van der Waals surface area contributed by atoms with Gasteiger partial charge in [-0.15, -0.1) is 0 Å². The molecule has 0 saturated heterocycles. The molecular formula is C25H30N2O6. The molecule has 3 rings (SSSR count). The summed E-state index contributed by atoms with van der Waals surface area (Å²) in [7, 11) is 0. The number of ether oxygens (including phenoxy) is 1. The van der Waals surface area contributed by atoms with Gasteiger partial charge in [0, 0.05) is 31.3 Å². The Morgan fingerprint density at radius 1 is 1.00 bits per heavy atom. The number of hydrogen-bond acceptors (Lipinski definition) is 5. The third kappa shape index (κ3) is 6.10. The van der Waals surface area contributed by atoms with Gasteiger partial charge in [0.05, 0.1) is 0 Å². The zero-order valence-corrected chi connectivity index (χ0v) is 18.8. The van der Waals surface area contributed by atoms with Crippen LogP contribution in [0.25, 0.3) is 11.1 Å². The van der Waals surface area contributed by atoms with Crippen LogP contribution in [-0.2, 0) is 14.3 Å². The van der Waals surface area contributed by atoms with Crippen molar-refractivity contribution >= 4 is 18.0 Å². The number of nitrogens with one attached hydrogen (secondary N) is 2. The smallest absolute Gasteiger partial charge is 0.407 e. The Morgan fingerprint density at radius 2 is 1.58 bits per heavy atom. The molecule has 0 spiro atoms. The average Bonchev–Trinajstić information content (AvgIpc) is 3.10. The lowest BCUT2D eigenvalue weighted by atomic mass is 9.98. The maximum Gasteiger partial charge on any atom is 0.407 e. The van der Waals surface area contributed by atoms with Gasteiger partial charge in [0.2, 0.25) is 5.91 Å². The lowest BCUT2D eigenvalue weighted by Crippen LogP contribution is -2.43. The molecule has 0 radical (unpaired) electrons. The summed E-state index contributed by atoms with van der Waals surface area (Å²) in [5, 5.41) is 23.3. The molecule has 1 aliphatic rings. The predicted octanol–water partition coefficient (Wildman–Crippen LogP) is 2.89. The highest BCUT2D eigenvalue weighted by atomic mass is 16.5. The third-order valence-electron chi connectivity index (χ3n) is 5.88. The number of benzene rings is 2. The number of carboxylic acid groups (broad SMARTS) is 1. The van der Waals surface area contributed by atoms with E-state index < -0.39 is 24.2 Å². The molecule has 176 valence electrons. The highest BCUT2D eigenvalue weighted by Gasteiger charge is 2.29. The Balaban J connectivity index is 1.53. The fraction of sp³-hybridized carbons (Fsp3) is 0.400. The van der Waals surface area contributed by atoms with Crippen LogP contribution in [0.1, 0.15) is 43.7 Å². The number of amides is 2. The van der Waals surface area contributed by atoms with Crippen molar-refractivity contribution in [2.75, 3.05) is 13.2 Å². The first-order chi connectivity index (χ1) is 15.8. The van der Waals surface area contributed by atoms with Gasteiger partial charge in [-0.3, -0.25) is 4.79 Å². The molecule has 33 heavy (non-hydrogen) atoms. The number of rotatable bonds is 10.